The molecule has 26 heavy (non-hydrogen) atoms. The van der Waals surface area contributed by atoms with E-state index in [1.807, 2.05) is 12.1 Å². The topological polar surface area (TPSA) is 51.1 Å². The van der Waals surface area contributed by atoms with Gasteiger partial charge in [0.1, 0.15) is 5.75 Å². The summed E-state index contributed by atoms with van der Waals surface area (Å²) in [4.78, 5) is 20.6. The van der Waals surface area contributed by atoms with Crippen LogP contribution in [0.1, 0.15) is 25.3 Å². The lowest BCUT2D eigenvalue weighted by Gasteiger charge is -2.59. The van der Waals surface area contributed by atoms with Crippen LogP contribution in [0.4, 0.5) is 5.69 Å². The number of allylic oxidation sites excluding steroid dienone is 1. The predicted octanol–water partition coefficient (Wildman–Crippen LogP) is 2.86. The van der Waals surface area contributed by atoms with E-state index in [4.69, 9.17) is 14.5 Å². The number of piperidine rings is 2. The minimum atomic E-state index is -0.326. The van der Waals surface area contributed by atoms with Crippen LogP contribution in [0.3, 0.4) is 0 Å². The quantitative estimate of drug-likeness (QED) is 0.607. The monoisotopic (exact) mass is 352 g/mol. The van der Waals surface area contributed by atoms with E-state index in [1.54, 1.807) is 7.11 Å². The number of hydrogen-bond acceptors (Lipinski definition) is 5. The molecule has 1 aromatic carbocycles. The Morgan fingerprint density at radius 2 is 2.23 bits per heavy atom. The van der Waals surface area contributed by atoms with Crippen LogP contribution < -0.4 is 4.74 Å². The van der Waals surface area contributed by atoms with E-state index in [9.17, 15) is 4.79 Å². The zero-order chi connectivity index (χ0) is 18.1. The average molecular weight is 352 g/mol. The third kappa shape index (κ3) is 1.79. The van der Waals surface area contributed by atoms with Gasteiger partial charge in [-0.25, -0.2) is 0 Å². The molecule has 2 saturated heterocycles. The van der Waals surface area contributed by atoms with E-state index in [0.29, 0.717) is 6.04 Å². The summed E-state index contributed by atoms with van der Waals surface area (Å²) in [5.41, 5.74) is 4.36. The van der Waals surface area contributed by atoms with Crippen molar-refractivity contribution in [3.63, 3.8) is 0 Å². The lowest BCUT2D eigenvalue weighted by Crippen LogP contribution is -2.68. The van der Waals surface area contributed by atoms with Crippen molar-refractivity contribution in [2.24, 2.45) is 16.8 Å². The molecule has 0 N–H and O–H groups in total. The number of esters is 1. The molecule has 0 amide bonds. The third-order valence-corrected chi connectivity index (χ3v) is 7.03. The Hall–Kier alpha value is -2.14. The van der Waals surface area contributed by atoms with Gasteiger partial charge in [0, 0.05) is 30.9 Å². The molecule has 5 nitrogen and oxygen atoms in total. The molecule has 1 saturated carbocycles. The molecule has 3 aliphatic heterocycles. The second-order valence-corrected chi connectivity index (χ2v) is 7.79. The van der Waals surface area contributed by atoms with Crippen molar-refractivity contribution < 1.29 is 14.3 Å². The number of methoxy groups -OCH3 is 2. The molecular formula is C21H24N2O3. The maximum absolute atomic E-state index is 13.0. The van der Waals surface area contributed by atoms with Gasteiger partial charge in [-0.05, 0) is 37.3 Å². The minimum Gasteiger partial charge on any atom is -0.497 e. The van der Waals surface area contributed by atoms with Crippen LogP contribution in [0.2, 0.25) is 0 Å². The van der Waals surface area contributed by atoms with Crippen LogP contribution >= 0.6 is 0 Å². The molecule has 3 fully saturated rings. The summed E-state index contributed by atoms with van der Waals surface area (Å²) in [7, 11) is 3.19. The minimum absolute atomic E-state index is 0.0977. The van der Waals surface area contributed by atoms with Gasteiger partial charge in [0.2, 0.25) is 0 Å². The lowest BCUT2D eigenvalue weighted by molar-refractivity contribution is -0.151. The zero-order valence-corrected chi connectivity index (χ0v) is 15.5. The summed E-state index contributed by atoms with van der Waals surface area (Å²) < 4.78 is 10.7. The van der Waals surface area contributed by atoms with Gasteiger partial charge in [-0.2, -0.15) is 0 Å². The molecule has 0 spiro atoms. The number of rotatable bonds is 2. The van der Waals surface area contributed by atoms with E-state index in [0.717, 1.165) is 37.4 Å². The first-order valence-corrected chi connectivity index (χ1v) is 9.38. The second kappa shape index (κ2) is 5.43. The number of aliphatic imine (C=N–C) groups is 1. The molecule has 4 atom stereocenters. The molecular weight excluding hydrogens is 328 g/mol. The standard InChI is InChI=1S/C21H24N2O3/c1-4-12-11-23-8-7-21-15-6-5-13(25-2)9-16(15)22-19(21)17(23)10-14(12)18(21)20(24)26-3/h4-6,9,14,17-18H,7-8,10-11H2,1-3H3/b12-4+/t14-,17-,18-,21-/m1/s1. The SMILES string of the molecule is C/C=C1\CN2CC[C@@]34C(=Nc5cc(OC)ccc53)[C@H]2C[C@H]1[C@@H]4C(=O)OC. The van der Waals surface area contributed by atoms with Crippen molar-refractivity contribution in [2.75, 3.05) is 27.3 Å². The number of ether oxygens (including phenoxy) is 2. The molecule has 1 aliphatic carbocycles. The summed E-state index contributed by atoms with van der Waals surface area (Å²) >= 11 is 0. The Balaban J connectivity index is 1.76. The molecule has 5 heteroatoms. The Morgan fingerprint density at radius 3 is 2.96 bits per heavy atom. The highest BCUT2D eigenvalue weighted by Crippen LogP contribution is 2.60. The Bertz CT molecular complexity index is 859. The molecule has 3 bridgehead atoms. The van der Waals surface area contributed by atoms with Crippen LogP contribution in [0, 0.1) is 11.8 Å². The van der Waals surface area contributed by atoms with Crippen molar-refractivity contribution in [3.05, 3.63) is 35.4 Å². The third-order valence-electron chi connectivity index (χ3n) is 7.03. The average Bonchev–Trinajstić information content (AvgIpc) is 3.01. The van der Waals surface area contributed by atoms with Gasteiger partial charge < -0.3 is 9.47 Å². The van der Waals surface area contributed by atoms with Crippen molar-refractivity contribution in [1.29, 1.82) is 0 Å². The van der Waals surface area contributed by atoms with Crippen molar-refractivity contribution in [3.8, 4) is 5.75 Å². The van der Waals surface area contributed by atoms with E-state index in [2.05, 4.69) is 24.0 Å². The summed E-state index contributed by atoms with van der Waals surface area (Å²) in [5, 5.41) is 0. The highest BCUT2D eigenvalue weighted by molar-refractivity contribution is 6.09. The summed E-state index contributed by atoms with van der Waals surface area (Å²) in [6.45, 7) is 4.02. The normalized spacial score (nSPS) is 35.7. The van der Waals surface area contributed by atoms with E-state index in [-0.39, 0.29) is 23.2 Å². The lowest BCUT2D eigenvalue weighted by atomic mass is 9.51. The summed E-state index contributed by atoms with van der Waals surface area (Å²) in [6.07, 6.45) is 4.09. The number of carbonyl (C=O) groups is 1. The van der Waals surface area contributed by atoms with Gasteiger partial charge in [0.05, 0.1) is 31.2 Å². The van der Waals surface area contributed by atoms with E-state index >= 15 is 0 Å². The number of nitrogens with zero attached hydrogens (tertiary/aromatic N) is 2. The number of fused-ring (bicyclic) bond motifs is 2. The summed E-state index contributed by atoms with van der Waals surface area (Å²) in [6, 6.07) is 6.45. The fraction of sp³-hybridized carbons (Fsp3) is 0.524. The van der Waals surface area contributed by atoms with Gasteiger partial charge in [0.15, 0.2) is 0 Å². The molecule has 0 radical (unpaired) electrons. The Kier molecular flexibility index (Phi) is 3.35. The van der Waals surface area contributed by atoms with Crippen LogP contribution in [-0.4, -0.2) is 49.9 Å². The first-order valence-electron chi connectivity index (χ1n) is 9.38. The largest absolute Gasteiger partial charge is 0.497 e. The molecule has 1 aromatic rings. The molecule has 0 unspecified atom stereocenters. The highest BCUT2D eigenvalue weighted by atomic mass is 16.5. The predicted molar refractivity (Wildman–Crippen MR) is 99.1 cm³/mol. The molecule has 136 valence electrons. The van der Waals surface area contributed by atoms with Gasteiger partial charge in [-0.3, -0.25) is 14.7 Å². The Labute approximate surface area is 153 Å². The number of benzene rings is 1. The first-order chi connectivity index (χ1) is 12.6. The fourth-order valence-electron chi connectivity index (χ4n) is 5.93. The van der Waals surface area contributed by atoms with Gasteiger partial charge in [0.25, 0.3) is 0 Å². The zero-order valence-electron chi connectivity index (χ0n) is 15.5. The molecule has 3 heterocycles. The van der Waals surface area contributed by atoms with Gasteiger partial charge in [-0.15, -0.1) is 0 Å². The van der Waals surface area contributed by atoms with Crippen LogP contribution in [-0.2, 0) is 14.9 Å². The van der Waals surface area contributed by atoms with Crippen molar-refractivity contribution in [1.82, 2.24) is 4.90 Å². The van der Waals surface area contributed by atoms with Gasteiger partial charge >= 0.3 is 5.97 Å². The maximum atomic E-state index is 13.0. The molecule has 5 rings (SSSR count). The number of carbonyl (C=O) groups excluding carboxylic acids is 1. The molecule has 4 aliphatic rings. The first kappa shape index (κ1) is 16.1. The van der Waals surface area contributed by atoms with Crippen LogP contribution in [0.15, 0.2) is 34.8 Å². The van der Waals surface area contributed by atoms with E-state index < -0.39 is 0 Å². The highest BCUT2D eigenvalue weighted by Gasteiger charge is 2.65. The smallest absolute Gasteiger partial charge is 0.310 e. The van der Waals surface area contributed by atoms with Crippen LogP contribution in [0.5, 0.6) is 5.75 Å². The maximum Gasteiger partial charge on any atom is 0.310 e. The summed E-state index contributed by atoms with van der Waals surface area (Å²) in [5.74, 6) is 0.760. The number of hydrogen-bond donors (Lipinski definition) is 0. The van der Waals surface area contributed by atoms with E-state index in [1.165, 1.54) is 24.0 Å². The van der Waals surface area contributed by atoms with Crippen LogP contribution in [0.25, 0.3) is 0 Å². The fourth-order valence-corrected chi connectivity index (χ4v) is 5.93. The van der Waals surface area contributed by atoms with Gasteiger partial charge in [-0.1, -0.05) is 17.7 Å². The second-order valence-electron chi connectivity index (χ2n) is 7.79. The Morgan fingerprint density at radius 1 is 1.38 bits per heavy atom. The molecule has 0 aromatic heterocycles. The van der Waals surface area contributed by atoms with Crippen molar-refractivity contribution >= 4 is 17.4 Å². The van der Waals surface area contributed by atoms with Crippen molar-refractivity contribution in [2.45, 2.75) is 31.2 Å².